The molecule has 2 heterocycles. The van der Waals surface area contributed by atoms with E-state index in [9.17, 15) is 4.39 Å². The van der Waals surface area contributed by atoms with E-state index < -0.39 is 0 Å². The van der Waals surface area contributed by atoms with Gasteiger partial charge in [-0.1, -0.05) is 17.7 Å². The third-order valence-corrected chi connectivity index (χ3v) is 5.62. The average molecular weight is 341 g/mol. The monoisotopic (exact) mass is 340 g/mol. The smallest absolute Gasteiger partial charge is 0.141 e. The van der Waals surface area contributed by atoms with Crippen LogP contribution in [0.15, 0.2) is 18.2 Å². The number of nitrogens with zero attached hydrogens (tertiary/aromatic N) is 2. The van der Waals surface area contributed by atoms with Crippen molar-refractivity contribution >= 4 is 11.6 Å². The lowest BCUT2D eigenvalue weighted by molar-refractivity contribution is -0.00192. The molecule has 0 saturated carbocycles. The van der Waals surface area contributed by atoms with Crippen molar-refractivity contribution in [1.29, 1.82) is 0 Å². The Kier molecular flexibility index (Phi) is 5.91. The number of halogens is 2. The number of hydrogen-bond acceptors (Lipinski definition) is 3. The fraction of sp³-hybridized carbons (Fsp3) is 0.667. The van der Waals surface area contributed by atoms with E-state index in [1.807, 2.05) is 6.07 Å². The van der Waals surface area contributed by atoms with E-state index in [-0.39, 0.29) is 10.8 Å². The van der Waals surface area contributed by atoms with Gasteiger partial charge < -0.3 is 4.74 Å². The summed E-state index contributed by atoms with van der Waals surface area (Å²) >= 11 is 5.87. The zero-order chi connectivity index (χ0) is 16.2. The topological polar surface area (TPSA) is 15.7 Å². The molecular formula is C18H26ClFN2O. The maximum atomic E-state index is 13.2. The number of rotatable bonds is 4. The summed E-state index contributed by atoms with van der Waals surface area (Å²) < 4.78 is 18.7. The van der Waals surface area contributed by atoms with Crippen LogP contribution in [0.25, 0.3) is 0 Å². The van der Waals surface area contributed by atoms with E-state index >= 15 is 0 Å². The van der Waals surface area contributed by atoms with Crippen LogP contribution in [0.5, 0.6) is 0 Å². The first-order valence-electron chi connectivity index (χ1n) is 8.61. The van der Waals surface area contributed by atoms with Gasteiger partial charge in [-0.05, 0) is 56.5 Å². The van der Waals surface area contributed by atoms with E-state index in [4.69, 9.17) is 16.3 Å². The Bertz CT molecular complexity index is 514. The molecule has 128 valence electrons. The lowest BCUT2D eigenvalue weighted by atomic mass is 9.89. The van der Waals surface area contributed by atoms with Gasteiger partial charge in [-0.25, -0.2) is 4.39 Å². The summed E-state index contributed by atoms with van der Waals surface area (Å²) in [6.45, 7) is 9.31. The van der Waals surface area contributed by atoms with E-state index in [1.54, 1.807) is 6.07 Å². The first-order chi connectivity index (χ1) is 11.1. The van der Waals surface area contributed by atoms with Gasteiger partial charge in [0.1, 0.15) is 5.82 Å². The Balaban J connectivity index is 1.48. The molecule has 3 rings (SSSR count). The van der Waals surface area contributed by atoms with Crippen LogP contribution in [0.1, 0.15) is 25.3 Å². The summed E-state index contributed by atoms with van der Waals surface area (Å²) in [5.74, 6) is 0.426. The average Bonchev–Trinajstić information content (AvgIpc) is 2.59. The van der Waals surface area contributed by atoms with Crippen LogP contribution >= 0.6 is 11.6 Å². The number of ether oxygens (including phenoxy) is 1. The lowest BCUT2D eigenvalue weighted by Crippen LogP contribution is -2.48. The zero-order valence-electron chi connectivity index (χ0n) is 13.8. The van der Waals surface area contributed by atoms with Gasteiger partial charge in [-0.2, -0.15) is 0 Å². The summed E-state index contributed by atoms with van der Waals surface area (Å²) in [6, 6.07) is 5.69. The molecule has 0 spiro atoms. The van der Waals surface area contributed by atoms with Gasteiger partial charge >= 0.3 is 0 Å². The highest BCUT2D eigenvalue weighted by Crippen LogP contribution is 2.26. The van der Waals surface area contributed by atoms with E-state index in [1.165, 1.54) is 18.9 Å². The molecule has 0 bridgehead atoms. The SMILES string of the molecule is CC(C1CCN(Cc2ccc(F)c(Cl)c2)CC1)N1CCOCC1. The third kappa shape index (κ3) is 4.44. The molecule has 1 aromatic rings. The molecule has 2 aliphatic heterocycles. The number of likely N-dealkylation sites (tertiary alicyclic amines) is 1. The summed E-state index contributed by atoms with van der Waals surface area (Å²) in [7, 11) is 0. The van der Waals surface area contributed by atoms with Crippen LogP contribution in [-0.2, 0) is 11.3 Å². The van der Waals surface area contributed by atoms with Crippen molar-refractivity contribution in [1.82, 2.24) is 9.80 Å². The van der Waals surface area contributed by atoms with Crippen molar-refractivity contribution in [2.75, 3.05) is 39.4 Å². The van der Waals surface area contributed by atoms with Crippen molar-refractivity contribution in [2.24, 2.45) is 5.92 Å². The van der Waals surface area contributed by atoms with Crippen LogP contribution in [0.3, 0.4) is 0 Å². The minimum atomic E-state index is -0.339. The Labute approximate surface area is 143 Å². The molecule has 0 aromatic heterocycles. The zero-order valence-corrected chi connectivity index (χ0v) is 14.6. The van der Waals surface area contributed by atoms with Crippen molar-refractivity contribution < 1.29 is 9.13 Å². The van der Waals surface area contributed by atoms with Gasteiger partial charge in [0.05, 0.1) is 18.2 Å². The molecule has 0 N–H and O–H groups in total. The van der Waals surface area contributed by atoms with E-state index in [0.717, 1.165) is 57.4 Å². The molecule has 23 heavy (non-hydrogen) atoms. The van der Waals surface area contributed by atoms with Gasteiger partial charge in [-0.15, -0.1) is 0 Å². The van der Waals surface area contributed by atoms with Gasteiger partial charge in [-0.3, -0.25) is 9.80 Å². The number of hydrogen-bond donors (Lipinski definition) is 0. The summed E-state index contributed by atoms with van der Waals surface area (Å²) in [4.78, 5) is 5.02. The first kappa shape index (κ1) is 17.2. The molecule has 2 fully saturated rings. The van der Waals surface area contributed by atoms with Crippen molar-refractivity contribution in [3.63, 3.8) is 0 Å². The molecule has 1 unspecified atom stereocenters. The minimum Gasteiger partial charge on any atom is -0.379 e. The quantitative estimate of drug-likeness (QED) is 0.835. The fourth-order valence-electron chi connectivity index (χ4n) is 3.77. The normalized spacial score (nSPS) is 23.1. The molecule has 0 amide bonds. The Morgan fingerprint density at radius 3 is 2.57 bits per heavy atom. The maximum Gasteiger partial charge on any atom is 0.141 e. The van der Waals surface area contributed by atoms with Crippen LogP contribution in [-0.4, -0.2) is 55.2 Å². The molecule has 1 aromatic carbocycles. The molecule has 2 saturated heterocycles. The maximum absolute atomic E-state index is 13.2. The summed E-state index contributed by atoms with van der Waals surface area (Å²) in [5.41, 5.74) is 1.09. The number of benzene rings is 1. The minimum absolute atomic E-state index is 0.221. The van der Waals surface area contributed by atoms with Crippen molar-refractivity contribution in [2.45, 2.75) is 32.4 Å². The van der Waals surface area contributed by atoms with Gasteiger partial charge in [0.15, 0.2) is 0 Å². The highest BCUT2D eigenvalue weighted by atomic mass is 35.5. The third-order valence-electron chi connectivity index (χ3n) is 5.33. The molecule has 2 aliphatic rings. The Morgan fingerprint density at radius 2 is 1.91 bits per heavy atom. The summed E-state index contributed by atoms with van der Waals surface area (Å²) in [5, 5.41) is 0.221. The molecule has 0 radical (unpaired) electrons. The largest absolute Gasteiger partial charge is 0.379 e. The van der Waals surface area contributed by atoms with E-state index in [2.05, 4.69) is 16.7 Å². The molecule has 1 atom stereocenters. The molecule has 3 nitrogen and oxygen atoms in total. The highest BCUT2D eigenvalue weighted by molar-refractivity contribution is 6.30. The molecular weight excluding hydrogens is 315 g/mol. The van der Waals surface area contributed by atoms with Crippen LogP contribution in [0, 0.1) is 11.7 Å². The van der Waals surface area contributed by atoms with Gasteiger partial charge in [0, 0.05) is 25.7 Å². The Morgan fingerprint density at radius 1 is 1.22 bits per heavy atom. The first-order valence-corrected chi connectivity index (χ1v) is 8.99. The number of piperidine rings is 1. The molecule has 0 aliphatic carbocycles. The van der Waals surface area contributed by atoms with Crippen LogP contribution in [0.2, 0.25) is 5.02 Å². The second-order valence-electron chi connectivity index (χ2n) is 6.75. The predicted octanol–water partition coefficient (Wildman–Crippen LogP) is 3.41. The number of morpholine rings is 1. The fourth-order valence-corrected chi connectivity index (χ4v) is 3.98. The van der Waals surface area contributed by atoms with Crippen molar-refractivity contribution in [3.8, 4) is 0 Å². The van der Waals surface area contributed by atoms with Crippen LogP contribution < -0.4 is 0 Å². The predicted molar refractivity (Wildman–Crippen MR) is 91.3 cm³/mol. The lowest BCUT2D eigenvalue weighted by Gasteiger charge is -2.41. The standard InChI is InChI=1S/C18H26ClFN2O/c1-14(22-8-10-23-11-9-22)16-4-6-21(7-5-16)13-15-2-3-18(20)17(19)12-15/h2-3,12,14,16H,4-11,13H2,1H3. The van der Waals surface area contributed by atoms with Crippen molar-refractivity contribution in [3.05, 3.63) is 34.6 Å². The second kappa shape index (κ2) is 7.93. The Hall–Kier alpha value is -0.680. The summed E-state index contributed by atoms with van der Waals surface area (Å²) in [6.07, 6.45) is 2.46. The second-order valence-corrected chi connectivity index (χ2v) is 7.16. The van der Waals surface area contributed by atoms with Crippen LogP contribution in [0.4, 0.5) is 4.39 Å². The van der Waals surface area contributed by atoms with Gasteiger partial charge in [0.2, 0.25) is 0 Å². The highest BCUT2D eigenvalue weighted by Gasteiger charge is 2.28. The van der Waals surface area contributed by atoms with E-state index in [0.29, 0.717) is 6.04 Å². The molecule has 5 heteroatoms. The van der Waals surface area contributed by atoms with Gasteiger partial charge in [0.25, 0.3) is 0 Å².